The van der Waals surface area contributed by atoms with Gasteiger partial charge >= 0.3 is 0 Å². The van der Waals surface area contributed by atoms with Crippen molar-refractivity contribution in [1.82, 2.24) is 20.0 Å². The van der Waals surface area contributed by atoms with Gasteiger partial charge in [-0.2, -0.15) is 0 Å². The zero-order valence-electron chi connectivity index (χ0n) is 13.5. The maximum absolute atomic E-state index is 9.22. The average molecular weight is 300 g/mol. The lowest BCUT2D eigenvalue weighted by atomic mass is 10.3. The summed E-state index contributed by atoms with van der Waals surface area (Å²) in [4.78, 5) is 7.26. The molecule has 1 unspecified atom stereocenters. The van der Waals surface area contributed by atoms with Gasteiger partial charge in [0.1, 0.15) is 6.23 Å². The van der Waals surface area contributed by atoms with Crippen LogP contribution in [0.1, 0.15) is 12.8 Å². The van der Waals surface area contributed by atoms with Crippen LogP contribution in [-0.4, -0.2) is 105 Å². The number of piperazine rings is 2. The van der Waals surface area contributed by atoms with Crippen LogP contribution in [0.2, 0.25) is 0 Å². The largest absolute Gasteiger partial charge is 0.396 e. The number of hydrogen-bond acceptors (Lipinski definition) is 6. The van der Waals surface area contributed by atoms with Gasteiger partial charge in [-0.3, -0.25) is 4.90 Å². The van der Waals surface area contributed by atoms with Crippen molar-refractivity contribution in [3.63, 3.8) is 0 Å². The fourth-order valence-electron chi connectivity index (χ4n) is 3.03. The van der Waals surface area contributed by atoms with Crippen LogP contribution in [0.5, 0.6) is 0 Å². The molecule has 0 aromatic rings. The van der Waals surface area contributed by atoms with E-state index < -0.39 is 0 Å². The Morgan fingerprint density at radius 2 is 1.81 bits per heavy atom. The van der Waals surface area contributed by atoms with Crippen molar-refractivity contribution in [2.24, 2.45) is 0 Å². The van der Waals surface area contributed by atoms with Crippen LogP contribution in [0, 0.1) is 0 Å². The van der Waals surface area contributed by atoms with Crippen LogP contribution in [0.3, 0.4) is 0 Å². The molecular weight excluding hydrogens is 268 g/mol. The molecule has 2 N–H and O–H groups in total. The minimum Gasteiger partial charge on any atom is -0.396 e. The summed E-state index contributed by atoms with van der Waals surface area (Å²) in [6, 6.07) is 0. The first kappa shape index (κ1) is 17.1. The highest BCUT2D eigenvalue weighted by atomic mass is 16.5. The second-order valence-electron chi connectivity index (χ2n) is 6.12. The predicted octanol–water partition coefficient (Wildman–Crippen LogP) is -0.746. The molecule has 0 saturated carbocycles. The molecule has 0 radical (unpaired) electrons. The fourth-order valence-corrected chi connectivity index (χ4v) is 3.03. The summed E-state index contributed by atoms with van der Waals surface area (Å²) in [5, 5.41) is 12.6. The molecule has 2 fully saturated rings. The maximum atomic E-state index is 9.22. The van der Waals surface area contributed by atoms with E-state index >= 15 is 0 Å². The van der Waals surface area contributed by atoms with Gasteiger partial charge in [0.2, 0.25) is 0 Å². The molecule has 0 aliphatic carbocycles. The van der Waals surface area contributed by atoms with Crippen LogP contribution in [-0.2, 0) is 4.74 Å². The van der Waals surface area contributed by atoms with E-state index in [0.717, 1.165) is 45.8 Å². The Kier molecular flexibility index (Phi) is 7.92. The Bertz CT molecular complexity index is 266. The topological polar surface area (TPSA) is 51.2 Å². The minimum atomic E-state index is 0.0876. The molecule has 0 bridgehead atoms. The third kappa shape index (κ3) is 6.18. The van der Waals surface area contributed by atoms with Crippen molar-refractivity contribution >= 4 is 0 Å². The van der Waals surface area contributed by atoms with Crippen molar-refractivity contribution in [2.75, 3.05) is 79.2 Å². The Morgan fingerprint density at radius 1 is 1.10 bits per heavy atom. The van der Waals surface area contributed by atoms with Crippen LogP contribution in [0.4, 0.5) is 0 Å². The van der Waals surface area contributed by atoms with Crippen molar-refractivity contribution in [3.05, 3.63) is 0 Å². The summed E-state index contributed by atoms with van der Waals surface area (Å²) in [7, 11) is 2.19. The van der Waals surface area contributed by atoms with E-state index in [4.69, 9.17) is 4.74 Å². The lowest BCUT2D eigenvalue weighted by Gasteiger charge is -2.35. The summed E-state index contributed by atoms with van der Waals surface area (Å²) in [5.41, 5.74) is 0. The molecule has 2 aliphatic rings. The highest BCUT2D eigenvalue weighted by Crippen LogP contribution is 2.08. The van der Waals surface area contributed by atoms with Gasteiger partial charge in [-0.1, -0.05) is 0 Å². The smallest absolute Gasteiger partial charge is 0.112 e. The van der Waals surface area contributed by atoms with Gasteiger partial charge in [-0.05, 0) is 13.5 Å². The standard InChI is InChI=1S/C15H32N4O2/c1-17-9-11-18(12-10-17)6-2-14-21-15(3-13-20)19-7-4-16-5-8-19/h15-16,20H,2-14H2,1H3. The molecule has 0 aromatic heterocycles. The van der Waals surface area contributed by atoms with Crippen LogP contribution < -0.4 is 5.32 Å². The highest BCUT2D eigenvalue weighted by Gasteiger charge is 2.20. The van der Waals surface area contributed by atoms with E-state index in [9.17, 15) is 5.11 Å². The first-order valence-corrected chi connectivity index (χ1v) is 8.37. The first-order valence-electron chi connectivity index (χ1n) is 8.37. The zero-order chi connectivity index (χ0) is 14.9. The molecule has 6 nitrogen and oxygen atoms in total. The number of hydrogen-bond donors (Lipinski definition) is 2. The second kappa shape index (κ2) is 9.71. The van der Waals surface area contributed by atoms with Gasteiger partial charge in [0, 0.05) is 78.5 Å². The predicted molar refractivity (Wildman–Crippen MR) is 84.4 cm³/mol. The van der Waals surface area contributed by atoms with E-state index in [0.29, 0.717) is 6.42 Å². The van der Waals surface area contributed by atoms with E-state index in [1.54, 1.807) is 0 Å². The number of rotatable bonds is 8. The van der Waals surface area contributed by atoms with E-state index in [1.165, 1.54) is 26.2 Å². The Balaban J connectivity index is 1.60. The second-order valence-corrected chi connectivity index (χ2v) is 6.12. The summed E-state index contributed by atoms with van der Waals surface area (Å²) in [6.45, 7) is 10.9. The van der Waals surface area contributed by atoms with Crippen LogP contribution in [0.15, 0.2) is 0 Å². The van der Waals surface area contributed by atoms with Crippen molar-refractivity contribution < 1.29 is 9.84 Å². The van der Waals surface area contributed by atoms with E-state index in [-0.39, 0.29) is 12.8 Å². The summed E-state index contributed by atoms with van der Waals surface area (Å²) >= 11 is 0. The molecular formula is C15H32N4O2. The van der Waals surface area contributed by atoms with Crippen LogP contribution >= 0.6 is 0 Å². The summed E-state index contributed by atoms with van der Waals surface area (Å²) in [6.07, 6.45) is 1.89. The third-order valence-electron chi connectivity index (χ3n) is 4.46. The normalized spacial score (nSPS) is 24.3. The maximum Gasteiger partial charge on any atom is 0.112 e. The molecule has 6 heteroatoms. The van der Waals surface area contributed by atoms with Crippen LogP contribution in [0.25, 0.3) is 0 Å². The lowest BCUT2D eigenvalue weighted by Crippen LogP contribution is -2.49. The summed E-state index contributed by atoms with van der Waals surface area (Å²) in [5.74, 6) is 0. The minimum absolute atomic E-state index is 0.0876. The number of ether oxygens (including phenoxy) is 1. The van der Waals surface area contributed by atoms with Gasteiger partial charge in [0.25, 0.3) is 0 Å². The monoisotopic (exact) mass is 300 g/mol. The van der Waals surface area contributed by atoms with Crippen molar-refractivity contribution in [3.8, 4) is 0 Å². The van der Waals surface area contributed by atoms with E-state index in [2.05, 4.69) is 27.1 Å². The fraction of sp³-hybridized carbons (Fsp3) is 1.00. The van der Waals surface area contributed by atoms with E-state index in [1.807, 2.05) is 0 Å². The molecule has 124 valence electrons. The quantitative estimate of drug-likeness (QED) is 0.576. The number of nitrogens with one attached hydrogen (secondary N) is 1. The molecule has 2 heterocycles. The van der Waals surface area contributed by atoms with Gasteiger partial charge in [0.15, 0.2) is 0 Å². The average Bonchev–Trinajstić information content (AvgIpc) is 2.53. The molecule has 0 aromatic carbocycles. The Morgan fingerprint density at radius 3 is 2.48 bits per heavy atom. The highest BCUT2D eigenvalue weighted by molar-refractivity contribution is 4.72. The lowest BCUT2D eigenvalue weighted by molar-refractivity contribution is -0.0768. The zero-order valence-corrected chi connectivity index (χ0v) is 13.5. The molecule has 2 saturated heterocycles. The molecule has 21 heavy (non-hydrogen) atoms. The molecule has 0 amide bonds. The number of aliphatic hydroxyl groups is 1. The number of nitrogens with zero attached hydrogens (tertiary/aromatic N) is 3. The number of likely N-dealkylation sites (N-methyl/N-ethyl adjacent to an activating group) is 1. The Hall–Kier alpha value is -0.240. The Labute approximate surface area is 129 Å². The molecule has 2 rings (SSSR count). The van der Waals surface area contributed by atoms with Gasteiger partial charge in [0.05, 0.1) is 0 Å². The SMILES string of the molecule is CN1CCN(CCCOC(CCO)N2CCNCC2)CC1. The molecule has 2 aliphatic heterocycles. The van der Waals surface area contributed by atoms with Crippen molar-refractivity contribution in [1.29, 1.82) is 0 Å². The van der Waals surface area contributed by atoms with Gasteiger partial charge < -0.3 is 25.0 Å². The third-order valence-corrected chi connectivity index (χ3v) is 4.46. The first-order chi connectivity index (χ1) is 10.3. The molecule has 1 atom stereocenters. The summed E-state index contributed by atoms with van der Waals surface area (Å²) < 4.78 is 6.04. The van der Waals surface area contributed by atoms with Crippen molar-refractivity contribution in [2.45, 2.75) is 19.1 Å². The number of aliphatic hydroxyl groups excluding tert-OH is 1. The van der Waals surface area contributed by atoms with Gasteiger partial charge in [-0.15, -0.1) is 0 Å². The molecule has 0 spiro atoms. The van der Waals surface area contributed by atoms with Gasteiger partial charge in [-0.25, -0.2) is 0 Å².